The van der Waals surface area contributed by atoms with Gasteiger partial charge in [-0.25, -0.2) is 0 Å². The zero-order valence-electron chi connectivity index (χ0n) is 17.4. The number of unbranched alkanes of at least 4 members (excludes halogenated alkanes) is 6. The molecule has 2 N–H and O–H groups in total. The molecule has 1 heterocycles. The summed E-state index contributed by atoms with van der Waals surface area (Å²) in [5.74, 6) is 0.0433. The van der Waals surface area contributed by atoms with Crippen molar-refractivity contribution in [3.05, 3.63) is 35.9 Å². The Balaban J connectivity index is 1.81. The van der Waals surface area contributed by atoms with Gasteiger partial charge in [-0.3, -0.25) is 9.69 Å². The van der Waals surface area contributed by atoms with Crippen LogP contribution in [0.3, 0.4) is 0 Å². The van der Waals surface area contributed by atoms with E-state index in [4.69, 9.17) is 4.74 Å². The summed E-state index contributed by atoms with van der Waals surface area (Å²) >= 11 is 0. The van der Waals surface area contributed by atoms with Gasteiger partial charge >= 0.3 is 0 Å². The van der Waals surface area contributed by atoms with Crippen LogP contribution in [0, 0.1) is 0 Å². The van der Waals surface area contributed by atoms with Gasteiger partial charge < -0.3 is 15.2 Å². The molecule has 0 aliphatic carbocycles. The number of aliphatic hydroxyl groups excluding tert-OH is 1. The minimum absolute atomic E-state index is 0.0433. The maximum Gasteiger partial charge on any atom is 0.220 e. The second kappa shape index (κ2) is 13.7. The normalized spacial score (nSPS) is 17.2. The number of nitrogens with zero attached hydrogens (tertiary/aromatic N) is 1. The Morgan fingerprint density at radius 1 is 1.07 bits per heavy atom. The Hall–Kier alpha value is -1.43. The Morgan fingerprint density at radius 2 is 1.71 bits per heavy atom. The summed E-state index contributed by atoms with van der Waals surface area (Å²) in [4.78, 5) is 14.8. The molecular formula is C23H38N2O3. The fourth-order valence-electron chi connectivity index (χ4n) is 3.69. The standard InChI is InChI=1S/C23H38N2O3/c1-2-3-4-5-6-7-11-14-22(26)24-21(19-25-15-17-28-18-16-25)23(27)20-12-9-8-10-13-20/h8-10,12-13,21,23,27H,2-7,11,14-19H2,1H3,(H,24,26)/t21-,23+/m1/s1. The molecule has 5 nitrogen and oxygen atoms in total. The number of nitrogens with one attached hydrogen (secondary N) is 1. The number of rotatable bonds is 13. The molecule has 0 spiro atoms. The Bertz CT molecular complexity index is 532. The first-order chi connectivity index (χ1) is 13.7. The first-order valence-electron chi connectivity index (χ1n) is 11.0. The molecule has 0 aromatic heterocycles. The lowest BCUT2D eigenvalue weighted by atomic mass is 10.0. The van der Waals surface area contributed by atoms with E-state index in [1.807, 2.05) is 30.3 Å². The molecule has 0 radical (unpaired) electrons. The number of ether oxygens (including phenoxy) is 1. The number of hydrogen-bond donors (Lipinski definition) is 2. The summed E-state index contributed by atoms with van der Waals surface area (Å²) < 4.78 is 5.42. The number of aliphatic hydroxyl groups is 1. The molecule has 158 valence electrons. The van der Waals surface area contributed by atoms with E-state index in [1.54, 1.807) is 0 Å². The molecule has 2 atom stereocenters. The van der Waals surface area contributed by atoms with Gasteiger partial charge in [0.05, 0.1) is 19.3 Å². The van der Waals surface area contributed by atoms with Crippen molar-refractivity contribution in [1.29, 1.82) is 0 Å². The van der Waals surface area contributed by atoms with Crippen LogP contribution in [0.2, 0.25) is 0 Å². The van der Waals surface area contributed by atoms with Gasteiger partial charge in [-0.15, -0.1) is 0 Å². The average Bonchev–Trinajstić information content (AvgIpc) is 2.73. The van der Waals surface area contributed by atoms with Gasteiger partial charge in [0, 0.05) is 26.1 Å². The molecule has 0 saturated carbocycles. The highest BCUT2D eigenvalue weighted by Crippen LogP contribution is 2.18. The second-order valence-electron chi connectivity index (χ2n) is 7.81. The number of benzene rings is 1. The zero-order chi connectivity index (χ0) is 20.0. The molecular weight excluding hydrogens is 352 g/mol. The van der Waals surface area contributed by atoms with Crippen molar-refractivity contribution >= 4 is 5.91 Å². The summed E-state index contributed by atoms with van der Waals surface area (Å²) in [6.45, 7) is 5.96. The molecule has 0 bridgehead atoms. The number of carbonyl (C=O) groups is 1. The molecule has 2 rings (SSSR count). The smallest absolute Gasteiger partial charge is 0.220 e. The second-order valence-corrected chi connectivity index (χ2v) is 7.81. The monoisotopic (exact) mass is 390 g/mol. The van der Waals surface area contributed by atoms with Gasteiger partial charge in [-0.2, -0.15) is 0 Å². The Labute approximate surface area is 170 Å². The predicted molar refractivity (Wildman–Crippen MR) is 113 cm³/mol. The minimum atomic E-state index is -0.706. The zero-order valence-corrected chi connectivity index (χ0v) is 17.4. The highest BCUT2D eigenvalue weighted by molar-refractivity contribution is 5.76. The van der Waals surface area contributed by atoms with Gasteiger partial charge in [0.25, 0.3) is 0 Å². The summed E-state index contributed by atoms with van der Waals surface area (Å²) in [6.07, 6.45) is 8.19. The summed E-state index contributed by atoms with van der Waals surface area (Å²) in [6, 6.07) is 9.30. The van der Waals surface area contributed by atoms with Crippen LogP contribution >= 0.6 is 0 Å². The molecule has 1 aromatic carbocycles. The molecule has 28 heavy (non-hydrogen) atoms. The van der Waals surface area contributed by atoms with Crippen molar-refractivity contribution < 1.29 is 14.6 Å². The summed E-state index contributed by atoms with van der Waals surface area (Å²) in [5, 5.41) is 14.0. The average molecular weight is 391 g/mol. The highest BCUT2D eigenvalue weighted by Gasteiger charge is 2.26. The van der Waals surface area contributed by atoms with Crippen molar-refractivity contribution in [3.63, 3.8) is 0 Å². The minimum Gasteiger partial charge on any atom is -0.386 e. The van der Waals surface area contributed by atoms with Crippen molar-refractivity contribution in [3.8, 4) is 0 Å². The molecule has 1 aromatic rings. The maximum absolute atomic E-state index is 12.5. The van der Waals surface area contributed by atoms with Crippen LogP contribution in [0.5, 0.6) is 0 Å². The van der Waals surface area contributed by atoms with E-state index in [0.29, 0.717) is 26.2 Å². The largest absolute Gasteiger partial charge is 0.386 e. The van der Waals surface area contributed by atoms with Crippen LogP contribution in [0.1, 0.15) is 70.0 Å². The molecule has 0 unspecified atom stereocenters. The van der Waals surface area contributed by atoms with Crippen LogP contribution in [0.4, 0.5) is 0 Å². The van der Waals surface area contributed by atoms with E-state index in [-0.39, 0.29) is 11.9 Å². The molecule has 1 saturated heterocycles. The fourth-order valence-corrected chi connectivity index (χ4v) is 3.69. The number of morpholine rings is 1. The van der Waals surface area contributed by atoms with E-state index >= 15 is 0 Å². The van der Waals surface area contributed by atoms with Crippen LogP contribution in [-0.4, -0.2) is 54.8 Å². The SMILES string of the molecule is CCCCCCCCCC(=O)N[C@H](CN1CCOCC1)[C@@H](O)c1ccccc1. The quantitative estimate of drug-likeness (QED) is 0.505. The van der Waals surface area contributed by atoms with E-state index < -0.39 is 6.10 Å². The third-order valence-corrected chi connectivity index (χ3v) is 5.43. The number of amides is 1. The molecule has 5 heteroatoms. The van der Waals surface area contributed by atoms with Crippen LogP contribution in [-0.2, 0) is 9.53 Å². The van der Waals surface area contributed by atoms with E-state index in [1.165, 1.54) is 32.1 Å². The molecule has 1 fully saturated rings. The molecule has 1 aliphatic heterocycles. The highest BCUT2D eigenvalue weighted by atomic mass is 16.5. The number of hydrogen-bond acceptors (Lipinski definition) is 4. The summed E-state index contributed by atoms with van der Waals surface area (Å²) in [7, 11) is 0. The third kappa shape index (κ3) is 8.72. The molecule has 1 aliphatic rings. The lowest BCUT2D eigenvalue weighted by Crippen LogP contribution is -2.49. The summed E-state index contributed by atoms with van der Waals surface area (Å²) in [5.41, 5.74) is 0.844. The lowest BCUT2D eigenvalue weighted by Gasteiger charge is -2.33. The van der Waals surface area contributed by atoms with Gasteiger partial charge in [-0.1, -0.05) is 75.8 Å². The van der Waals surface area contributed by atoms with Gasteiger partial charge in [0.1, 0.15) is 6.10 Å². The fraction of sp³-hybridized carbons (Fsp3) is 0.696. The van der Waals surface area contributed by atoms with Crippen LogP contribution in [0.15, 0.2) is 30.3 Å². The van der Waals surface area contributed by atoms with E-state index in [0.717, 1.165) is 31.5 Å². The van der Waals surface area contributed by atoms with Crippen LogP contribution < -0.4 is 5.32 Å². The Kier molecular flexibility index (Phi) is 11.2. The van der Waals surface area contributed by atoms with Crippen molar-refractivity contribution in [1.82, 2.24) is 10.2 Å². The molecule has 1 amide bonds. The topological polar surface area (TPSA) is 61.8 Å². The van der Waals surface area contributed by atoms with E-state index in [2.05, 4.69) is 17.1 Å². The maximum atomic E-state index is 12.5. The number of carbonyl (C=O) groups excluding carboxylic acids is 1. The first kappa shape index (κ1) is 22.9. The van der Waals surface area contributed by atoms with Gasteiger partial charge in [0.2, 0.25) is 5.91 Å². The van der Waals surface area contributed by atoms with Crippen LogP contribution in [0.25, 0.3) is 0 Å². The first-order valence-corrected chi connectivity index (χ1v) is 11.0. The van der Waals surface area contributed by atoms with Gasteiger partial charge in [-0.05, 0) is 12.0 Å². The van der Waals surface area contributed by atoms with Crippen molar-refractivity contribution in [2.75, 3.05) is 32.8 Å². The predicted octanol–water partition coefficient (Wildman–Crippen LogP) is 3.68. The van der Waals surface area contributed by atoms with E-state index in [9.17, 15) is 9.90 Å². The van der Waals surface area contributed by atoms with Crippen molar-refractivity contribution in [2.24, 2.45) is 0 Å². The lowest BCUT2D eigenvalue weighted by molar-refractivity contribution is -0.123. The van der Waals surface area contributed by atoms with Crippen molar-refractivity contribution in [2.45, 2.75) is 70.4 Å². The van der Waals surface area contributed by atoms with Gasteiger partial charge in [0.15, 0.2) is 0 Å². The Morgan fingerprint density at radius 3 is 2.39 bits per heavy atom. The third-order valence-electron chi connectivity index (χ3n) is 5.43.